The van der Waals surface area contributed by atoms with Gasteiger partial charge in [0.1, 0.15) is 0 Å². The highest BCUT2D eigenvalue weighted by molar-refractivity contribution is 5.76. The van der Waals surface area contributed by atoms with E-state index >= 15 is 0 Å². The Kier molecular flexibility index (Phi) is 3.56. The van der Waals surface area contributed by atoms with E-state index in [-0.39, 0.29) is 0 Å². The van der Waals surface area contributed by atoms with Gasteiger partial charge in [0.05, 0.1) is 0 Å². The summed E-state index contributed by atoms with van der Waals surface area (Å²) < 4.78 is 0. The standard InChI is InChI=1S/C25H22/c1-2-8-18(9-3-1)16-21-17-20-11-5-6-12-22(20)24-15-14-19-10-4-7-13-23(19)25(21)24/h1-9,11-12,14-15,21H,10,13,16-17H2. The third-order valence-electron chi connectivity index (χ3n) is 5.79. The van der Waals surface area contributed by atoms with E-state index in [4.69, 9.17) is 0 Å². The molecule has 2 aliphatic carbocycles. The zero-order valence-corrected chi connectivity index (χ0v) is 14.4. The zero-order valence-electron chi connectivity index (χ0n) is 14.4. The molecule has 3 aromatic rings. The maximum Gasteiger partial charge on any atom is -0.00717 e. The minimum Gasteiger partial charge on any atom is -0.0838 e. The maximum atomic E-state index is 2.38. The normalized spacial score (nSPS) is 17.5. The molecular weight excluding hydrogens is 300 g/mol. The zero-order chi connectivity index (χ0) is 16.6. The number of hydrogen-bond acceptors (Lipinski definition) is 0. The molecule has 25 heavy (non-hydrogen) atoms. The number of hydrogen-bond donors (Lipinski definition) is 0. The Hall–Kier alpha value is -2.60. The van der Waals surface area contributed by atoms with Gasteiger partial charge in [-0.15, -0.1) is 0 Å². The molecule has 0 N–H and O–H groups in total. The molecular formula is C25H22. The molecule has 0 radical (unpaired) electrons. The van der Waals surface area contributed by atoms with Crippen molar-refractivity contribution in [2.75, 3.05) is 0 Å². The molecule has 1 atom stereocenters. The molecule has 2 aliphatic rings. The first-order valence-corrected chi connectivity index (χ1v) is 9.32. The van der Waals surface area contributed by atoms with Gasteiger partial charge < -0.3 is 0 Å². The van der Waals surface area contributed by atoms with Crippen LogP contribution < -0.4 is 0 Å². The largest absolute Gasteiger partial charge is 0.0838 e. The van der Waals surface area contributed by atoms with Gasteiger partial charge in [-0.05, 0) is 70.5 Å². The second kappa shape index (κ2) is 6.04. The summed E-state index contributed by atoms with van der Waals surface area (Å²) in [5.41, 5.74) is 10.6. The van der Waals surface area contributed by atoms with Crippen LogP contribution in [-0.2, 0) is 25.7 Å². The summed E-state index contributed by atoms with van der Waals surface area (Å²) >= 11 is 0. The summed E-state index contributed by atoms with van der Waals surface area (Å²) in [6, 6.07) is 24.7. The van der Waals surface area contributed by atoms with Crippen LogP contribution in [0.2, 0.25) is 0 Å². The Morgan fingerprint density at radius 1 is 0.680 bits per heavy atom. The van der Waals surface area contributed by atoms with Crippen molar-refractivity contribution in [3.8, 4) is 11.1 Å². The number of benzene rings is 3. The molecule has 0 nitrogen and oxygen atoms in total. The Labute approximate surface area is 149 Å². The average molecular weight is 322 g/mol. The van der Waals surface area contributed by atoms with E-state index in [2.05, 4.69) is 78.9 Å². The topological polar surface area (TPSA) is 0 Å². The van der Waals surface area contributed by atoms with E-state index in [1.165, 1.54) is 27.8 Å². The van der Waals surface area contributed by atoms with E-state index in [1.807, 2.05) is 0 Å². The predicted molar refractivity (Wildman–Crippen MR) is 105 cm³/mol. The van der Waals surface area contributed by atoms with E-state index in [0.717, 1.165) is 25.7 Å². The molecule has 0 heteroatoms. The van der Waals surface area contributed by atoms with Crippen molar-refractivity contribution in [2.45, 2.75) is 31.6 Å². The average Bonchev–Trinajstić information content (AvgIpc) is 2.68. The fraction of sp³-hybridized carbons (Fsp3) is 0.200. The Morgan fingerprint density at radius 2 is 1.48 bits per heavy atom. The SMILES string of the molecule is C1=CCc2c(ccc3c2C(Cc2ccccc2)Cc2ccccc2-3)C1. The van der Waals surface area contributed by atoms with Crippen LogP contribution in [0.15, 0.2) is 78.9 Å². The van der Waals surface area contributed by atoms with E-state index < -0.39 is 0 Å². The number of allylic oxidation sites excluding steroid dienone is 2. The minimum absolute atomic E-state index is 0.578. The molecule has 3 aromatic carbocycles. The van der Waals surface area contributed by atoms with Crippen molar-refractivity contribution < 1.29 is 0 Å². The highest BCUT2D eigenvalue weighted by atomic mass is 14.3. The van der Waals surface area contributed by atoms with E-state index in [9.17, 15) is 0 Å². The highest BCUT2D eigenvalue weighted by Gasteiger charge is 2.28. The van der Waals surface area contributed by atoms with Crippen LogP contribution in [0.1, 0.15) is 33.7 Å². The van der Waals surface area contributed by atoms with Gasteiger partial charge in [0, 0.05) is 0 Å². The van der Waals surface area contributed by atoms with Gasteiger partial charge in [-0.1, -0.05) is 78.9 Å². The second-order valence-corrected chi connectivity index (χ2v) is 7.29. The van der Waals surface area contributed by atoms with Gasteiger partial charge in [0.2, 0.25) is 0 Å². The lowest BCUT2D eigenvalue weighted by molar-refractivity contribution is 0.664. The Balaban J connectivity index is 1.68. The first-order chi connectivity index (χ1) is 12.4. The third-order valence-corrected chi connectivity index (χ3v) is 5.79. The van der Waals surface area contributed by atoms with Crippen molar-refractivity contribution >= 4 is 0 Å². The van der Waals surface area contributed by atoms with Crippen molar-refractivity contribution in [3.05, 3.63) is 107 Å². The molecule has 0 amide bonds. The lowest BCUT2D eigenvalue weighted by Gasteiger charge is -2.32. The van der Waals surface area contributed by atoms with Crippen LogP contribution in [0.4, 0.5) is 0 Å². The van der Waals surface area contributed by atoms with Gasteiger partial charge in [-0.25, -0.2) is 0 Å². The summed E-state index contributed by atoms with van der Waals surface area (Å²) in [6.07, 6.45) is 9.12. The molecule has 0 saturated carbocycles. The molecule has 0 aliphatic heterocycles. The van der Waals surface area contributed by atoms with Gasteiger partial charge in [0.25, 0.3) is 0 Å². The van der Waals surface area contributed by atoms with E-state index in [1.54, 1.807) is 11.1 Å². The van der Waals surface area contributed by atoms with Gasteiger partial charge in [-0.2, -0.15) is 0 Å². The van der Waals surface area contributed by atoms with Crippen LogP contribution in [-0.4, -0.2) is 0 Å². The fourth-order valence-electron chi connectivity index (χ4n) is 4.66. The van der Waals surface area contributed by atoms with Crippen molar-refractivity contribution in [1.82, 2.24) is 0 Å². The van der Waals surface area contributed by atoms with Gasteiger partial charge in [-0.3, -0.25) is 0 Å². The van der Waals surface area contributed by atoms with Crippen molar-refractivity contribution in [3.63, 3.8) is 0 Å². The quantitative estimate of drug-likeness (QED) is 0.516. The molecule has 0 bridgehead atoms. The highest BCUT2D eigenvalue weighted by Crippen LogP contribution is 2.44. The summed E-state index contributed by atoms with van der Waals surface area (Å²) in [4.78, 5) is 0. The Bertz CT molecular complexity index is 945. The smallest absolute Gasteiger partial charge is 0.00717 e. The molecule has 0 aromatic heterocycles. The molecule has 0 spiro atoms. The predicted octanol–water partition coefficient (Wildman–Crippen LogP) is 5.89. The first kappa shape index (κ1) is 14.7. The molecule has 1 unspecified atom stereocenters. The molecule has 0 saturated heterocycles. The van der Waals surface area contributed by atoms with Crippen molar-refractivity contribution in [1.29, 1.82) is 0 Å². The molecule has 0 heterocycles. The van der Waals surface area contributed by atoms with E-state index in [0.29, 0.717) is 5.92 Å². The summed E-state index contributed by atoms with van der Waals surface area (Å²) in [5, 5.41) is 0. The fourth-order valence-corrected chi connectivity index (χ4v) is 4.66. The van der Waals surface area contributed by atoms with Crippen LogP contribution in [0.25, 0.3) is 11.1 Å². The summed E-state index contributed by atoms with van der Waals surface area (Å²) in [5.74, 6) is 0.578. The lowest BCUT2D eigenvalue weighted by atomic mass is 9.72. The lowest BCUT2D eigenvalue weighted by Crippen LogP contribution is -2.18. The first-order valence-electron chi connectivity index (χ1n) is 9.32. The monoisotopic (exact) mass is 322 g/mol. The van der Waals surface area contributed by atoms with Crippen LogP contribution in [0.3, 0.4) is 0 Å². The third kappa shape index (κ3) is 2.53. The Morgan fingerprint density at radius 3 is 2.40 bits per heavy atom. The van der Waals surface area contributed by atoms with Crippen molar-refractivity contribution in [2.24, 2.45) is 0 Å². The molecule has 0 fully saturated rings. The maximum absolute atomic E-state index is 2.38. The number of rotatable bonds is 2. The number of fused-ring (bicyclic) bond motifs is 5. The van der Waals surface area contributed by atoms with Crippen LogP contribution in [0.5, 0.6) is 0 Å². The summed E-state index contributed by atoms with van der Waals surface area (Å²) in [7, 11) is 0. The van der Waals surface area contributed by atoms with Crippen LogP contribution >= 0.6 is 0 Å². The van der Waals surface area contributed by atoms with Gasteiger partial charge >= 0.3 is 0 Å². The second-order valence-electron chi connectivity index (χ2n) is 7.29. The minimum atomic E-state index is 0.578. The van der Waals surface area contributed by atoms with Crippen LogP contribution in [0, 0.1) is 0 Å². The van der Waals surface area contributed by atoms with Gasteiger partial charge in [0.15, 0.2) is 0 Å². The molecule has 122 valence electrons. The molecule has 5 rings (SSSR count). The summed E-state index contributed by atoms with van der Waals surface area (Å²) in [6.45, 7) is 0.